The summed E-state index contributed by atoms with van der Waals surface area (Å²) in [5, 5.41) is 14.4. The van der Waals surface area contributed by atoms with Gasteiger partial charge in [-0.1, -0.05) is 35.5 Å². The van der Waals surface area contributed by atoms with Gasteiger partial charge in [-0.25, -0.2) is 4.68 Å². The molecule has 0 fully saturated rings. The van der Waals surface area contributed by atoms with Gasteiger partial charge in [0.05, 0.1) is 12.2 Å². The van der Waals surface area contributed by atoms with Gasteiger partial charge >= 0.3 is 15.2 Å². The molecule has 0 saturated carbocycles. The molecular formula is C14H21N3O7P2. The van der Waals surface area contributed by atoms with Crippen molar-refractivity contribution in [2.45, 2.75) is 37.3 Å². The minimum Gasteiger partial charge on any atom is -0.368 e. The standard InChI is InChI=1S/C14H21N3O7P2/c18-14(25(19,20)21,26(22,23)24)9-5-4-8-13-11-17(16-15-13)10-12-6-2-1-3-7-12/h1-3,6-7,11,18H,4-5,8-10H2,(H2,19,20,21)(H2,22,23,24). The largest absolute Gasteiger partial charge is 0.369 e. The Hall–Kier alpha value is -1.38. The molecule has 0 atom stereocenters. The first-order chi connectivity index (χ1) is 12.0. The molecule has 0 amide bonds. The molecule has 0 saturated heterocycles. The van der Waals surface area contributed by atoms with Gasteiger partial charge in [-0.3, -0.25) is 9.13 Å². The average Bonchev–Trinajstić information content (AvgIpc) is 2.97. The second-order valence-electron chi connectivity index (χ2n) is 5.96. The summed E-state index contributed by atoms with van der Waals surface area (Å²) in [6.07, 6.45) is 1.72. The monoisotopic (exact) mass is 405 g/mol. The maximum absolute atomic E-state index is 11.3. The quantitative estimate of drug-likeness (QED) is 0.303. The summed E-state index contributed by atoms with van der Waals surface area (Å²) in [6.45, 7) is 0.546. The summed E-state index contributed by atoms with van der Waals surface area (Å²) in [5.74, 6) is 0. The molecule has 1 aromatic heterocycles. The summed E-state index contributed by atoms with van der Waals surface area (Å²) in [4.78, 5) is 36.3. The van der Waals surface area contributed by atoms with Crippen LogP contribution in [0, 0.1) is 0 Å². The molecule has 2 aromatic rings. The van der Waals surface area contributed by atoms with Gasteiger partial charge < -0.3 is 24.7 Å². The van der Waals surface area contributed by atoms with Crippen LogP contribution in [-0.4, -0.2) is 44.8 Å². The van der Waals surface area contributed by atoms with Gasteiger partial charge in [0.1, 0.15) is 0 Å². The number of rotatable bonds is 9. The molecule has 5 N–H and O–H groups in total. The molecule has 1 aromatic carbocycles. The van der Waals surface area contributed by atoms with Crippen LogP contribution >= 0.6 is 15.2 Å². The van der Waals surface area contributed by atoms with Crippen LogP contribution in [0.4, 0.5) is 0 Å². The van der Waals surface area contributed by atoms with E-state index in [2.05, 4.69) is 10.3 Å². The molecule has 2 rings (SSSR count). The van der Waals surface area contributed by atoms with Gasteiger partial charge in [-0.15, -0.1) is 5.10 Å². The van der Waals surface area contributed by atoms with Gasteiger partial charge in [-0.2, -0.15) is 0 Å². The second kappa shape index (κ2) is 8.10. The number of nitrogens with zero attached hydrogens (tertiary/aromatic N) is 3. The SMILES string of the molecule is O=P(O)(O)C(O)(CCCCc1cn(Cc2ccccc2)nn1)P(=O)(O)O. The van der Waals surface area contributed by atoms with Crippen LogP contribution in [0.15, 0.2) is 36.5 Å². The van der Waals surface area contributed by atoms with Crippen LogP contribution in [0.25, 0.3) is 0 Å². The van der Waals surface area contributed by atoms with Gasteiger partial charge in [-0.05, 0) is 31.2 Å². The first-order valence-corrected chi connectivity index (χ1v) is 11.0. The fraction of sp³-hybridized carbons (Fsp3) is 0.429. The maximum Gasteiger partial charge on any atom is 0.369 e. The Kier molecular flexibility index (Phi) is 6.52. The minimum absolute atomic E-state index is 0.00172. The number of aryl methyl sites for hydroxylation is 1. The molecule has 10 nitrogen and oxygen atoms in total. The lowest BCUT2D eigenvalue weighted by Crippen LogP contribution is -2.28. The fourth-order valence-electron chi connectivity index (χ4n) is 2.43. The van der Waals surface area contributed by atoms with Crippen LogP contribution in [-0.2, 0) is 22.1 Å². The average molecular weight is 405 g/mol. The molecule has 0 bridgehead atoms. The zero-order chi connectivity index (χ0) is 19.4. The highest BCUT2D eigenvalue weighted by atomic mass is 31.2. The lowest BCUT2D eigenvalue weighted by molar-refractivity contribution is 0.120. The maximum atomic E-state index is 11.3. The Morgan fingerprint density at radius 2 is 1.62 bits per heavy atom. The van der Waals surface area contributed by atoms with E-state index in [0.717, 1.165) is 5.56 Å². The van der Waals surface area contributed by atoms with Crippen molar-refractivity contribution in [2.75, 3.05) is 0 Å². The molecule has 12 heteroatoms. The first kappa shape index (κ1) is 20.9. The Morgan fingerprint density at radius 1 is 1.00 bits per heavy atom. The van der Waals surface area contributed by atoms with Crippen molar-refractivity contribution < 1.29 is 33.8 Å². The number of aliphatic hydroxyl groups is 1. The third-order valence-corrected chi connectivity index (χ3v) is 7.78. The van der Waals surface area contributed by atoms with Crippen molar-refractivity contribution in [1.29, 1.82) is 0 Å². The van der Waals surface area contributed by atoms with Crippen molar-refractivity contribution in [3.8, 4) is 0 Å². The molecular weight excluding hydrogens is 384 g/mol. The van der Waals surface area contributed by atoms with Crippen molar-refractivity contribution in [3.05, 3.63) is 47.8 Å². The third kappa shape index (κ3) is 5.08. The Labute approximate surface area is 149 Å². The molecule has 0 aliphatic carbocycles. The van der Waals surface area contributed by atoms with Crippen molar-refractivity contribution >= 4 is 15.2 Å². The fourth-order valence-corrected chi connectivity index (χ4v) is 4.69. The number of hydrogen-bond acceptors (Lipinski definition) is 5. The molecule has 0 aliphatic rings. The van der Waals surface area contributed by atoms with E-state index in [1.807, 2.05) is 30.3 Å². The molecule has 26 heavy (non-hydrogen) atoms. The van der Waals surface area contributed by atoms with Gasteiger partial charge in [0.2, 0.25) is 0 Å². The van der Waals surface area contributed by atoms with E-state index in [4.69, 9.17) is 19.6 Å². The van der Waals surface area contributed by atoms with E-state index in [0.29, 0.717) is 25.1 Å². The van der Waals surface area contributed by atoms with Gasteiger partial charge in [0.25, 0.3) is 5.08 Å². The van der Waals surface area contributed by atoms with Crippen LogP contribution in [0.1, 0.15) is 30.5 Å². The predicted molar refractivity (Wildman–Crippen MR) is 92.2 cm³/mol. The van der Waals surface area contributed by atoms with E-state index in [9.17, 15) is 14.2 Å². The highest BCUT2D eigenvalue weighted by Crippen LogP contribution is 2.69. The Morgan fingerprint density at radius 3 is 2.19 bits per heavy atom. The molecule has 0 spiro atoms. The normalized spacial score (nSPS) is 13.1. The summed E-state index contributed by atoms with van der Waals surface area (Å²) in [6, 6.07) is 9.64. The zero-order valence-corrected chi connectivity index (χ0v) is 15.6. The first-order valence-electron chi connectivity index (χ1n) is 7.79. The highest BCUT2D eigenvalue weighted by Gasteiger charge is 2.58. The summed E-state index contributed by atoms with van der Waals surface area (Å²) in [7, 11) is -10.8. The second-order valence-corrected chi connectivity index (χ2v) is 9.97. The number of hydrogen-bond donors (Lipinski definition) is 5. The lowest BCUT2D eigenvalue weighted by Gasteiger charge is -2.29. The van der Waals surface area contributed by atoms with E-state index < -0.39 is 26.7 Å². The van der Waals surface area contributed by atoms with E-state index in [1.54, 1.807) is 10.9 Å². The third-order valence-electron chi connectivity index (χ3n) is 3.90. The molecule has 0 unspecified atom stereocenters. The Bertz CT molecular complexity index is 793. The van der Waals surface area contributed by atoms with E-state index >= 15 is 0 Å². The van der Waals surface area contributed by atoms with E-state index in [-0.39, 0.29) is 6.42 Å². The smallest absolute Gasteiger partial charge is 0.368 e. The summed E-state index contributed by atoms with van der Waals surface area (Å²) < 4.78 is 24.2. The van der Waals surface area contributed by atoms with Crippen molar-refractivity contribution in [1.82, 2.24) is 15.0 Å². The van der Waals surface area contributed by atoms with Crippen LogP contribution in [0.3, 0.4) is 0 Å². The number of aromatic nitrogens is 3. The van der Waals surface area contributed by atoms with Crippen LogP contribution in [0.2, 0.25) is 0 Å². The van der Waals surface area contributed by atoms with Crippen LogP contribution < -0.4 is 0 Å². The topological polar surface area (TPSA) is 166 Å². The number of benzene rings is 1. The highest BCUT2D eigenvalue weighted by molar-refractivity contribution is 7.72. The molecule has 0 radical (unpaired) electrons. The van der Waals surface area contributed by atoms with Crippen LogP contribution in [0.5, 0.6) is 0 Å². The lowest BCUT2D eigenvalue weighted by atomic mass is 10.1. The van der Waals surface area contributed by atoms with Crippen molar-refractivity contribution in [3.63, 3.8) is 0 Å². The minimum atomic E-state index is -5.40. The van der Waals surface area contributed by atoms with E-state index in [1.165, 1.54) is 0 Å². The summed E-state index contributed by atoms with van der Waals surface area (Å²) >= 11 is 0. The Balaban J connectivity index is 1.88. The van der Waals surface area contributed by atoms with Gasteiger partial charge in [0.15, 0.2) is 0 Å². The molecule has 0 aliphatic heterocycles. The van der Waals surface area contributed by atoms with Gasteiger partial charge in [0, 0.05) is 6.20 Å². The number of unbranched alkanes of at least 4 members (excludes halogenated alkanes) is 1. The molecule has 144 valence electrons. The predicted octanol–water partition coefficient (Wildman–Crippen LogP) is 1.04. The molecule has 1 heterocycles. The zero-order valence-electron chi connectivity index (χ0n) is 13.8. The van der Waals surface area contributed by atoms with Crippen molar-refractivity contribution in [2.24, 2.45) is 0 Å². The summed E-state index contributed by atoms with van der Waals surface area (Å²) in [5.41, 5.74) is 1.69.